The Balaban J connectivity index is 2.74. The van der Waals surface area contributed by atoms with E-state index < -0.39 is 10.0 Å². The molecule has 0 aromatic carbocycles. The first-order valence-electron chi connectivity index (χ1n) is 7.29. The van der Waals surface area contributed by atoms with Gasteiger partial charge in [0.05, 0.1) is 4.90 Å². The van der Waals surface area contributed by atoms with Gasteiger partial charge in [0, 0.05) is 19.3 Å². The van der Waals surface area contributed by atoms with Gasteiger partial charge in [-0.1, -0.05) is 32.4 Å². The topological polar surface area (TPSA) is 53.5 Å². The molecule has 1 heterocycles. The van der Waals surface area contributed by atoms with Gasteiger partial charge in [0.1, 0.15) is 5.15 Å². The predicted molar refractivity (Wildman–Crippen MR) is 86.1 cm³/mol. The minimum absolute atomic E-state index is 0.190. The second-order valence-electron chi connectivity index (χ2n) is 4.69. The minimum Gasteiger partial charge on any atom is -0.304 e. The number of aromatic nitrogens is 1. The monoisotopic (exact) mass is 333 g/mol. The molecule has 0 saturated carbocycles. The molecule has 0 aliphatic carbocycles. The average Bonchev–Trinajstić information content (AvgIpc) is 2.47. The molecule has 1 aromatic rings. The Morgan fingerprint density at radius 2 is 1.81 bits per heavy atom. The number of halogens is 1. The van der Waals surface area contributed by atoms with Crippen LogP contribution >= 0.6 is 11.6 Å². The maximum absolute atomic E-state index is 12.6. The zero-order chi connectivity index (χ0) is 15.9. The van der Waals surface area contributed by atoms with Crippen molar-refractivity contribution in [3.63, 3.8) is 0 Å². The number of hydrogen-bond acceptors (Lipinski definition) is 4. The van der Waals surface area contributed by atoms with E-state index in [0.717, 1.165) is 26.1 Å². The van der Waals surface area contributed by atoms with E-state index in [4.69, 9.17) is 11.6 Å². The Labute approximate surface area is 133 Å². The summed E-state index contributed by atoms with van der Waals surface area (Å²) in [5.74, 6) is 0. The highest BCUT2D eigenvalue weighted by atomic mass is 35.5. The molecule has 120 valence electrons. The van der Waals surface area contributed by atoms with Crippen molar-refractivity contribution in [1.82, 2.24) is 14.2 Å². The van der Waals surface area contributed by atoms with Crippen LogP contribution in [0.2, 0.25) is 5.15 Å². The van der Waals surface area contributed by atoms with Crippen molar-refractivity contribution in [2.75, 3.05) is 32.7 Å². The summed E-state index contributed by atoms with van der Waals surface area (Å²) in [7, 11) is -3.49. The molecule has 1 aromatic heterocycles. The molecule has 0 fully saturated rings. The number of sulfonamides is 1. The Kier molecular flexibility index (Phi) is 7.59. The summed E-state index contributed by atoms with van der Waals surface area (Å²) in [6.07, 6.45) is 2.23. The van der Waals surface area contributed by atoms with E-state index in [2.05, 4.69) is 23.7 Å². The van der Waals surface area contributed by atoms with Gasteiger partial charge < -0.3 is 4.90 Å². The molecule has 7 heteroatoms. The van der Waals surface area contributed by atoms with Crippen molar-refractivity contribution >= 4 is 21.6 Å². The quantitative estimate of drug-likeness (QED) is 0.651. The molecule has 0 saturated heterocycles. The van der Waals surface area contributed by atoms with Crippen LogP contribution in [0.1, 0.15) is 27.2 Å². The molecular formula is C14H24ClN3O2S. The third-order valence-corrected chi connectivity index (χ3v) is 5.64. The van der Waals surface area contributed by atoms with Crippen molar-refractivity contribution in [2.45, 2.75) is 32.1 Å². The van der Waals surface area contributed by atoms with E-state index in [1.54, 1.807) is 0 Å². The molecule has 1 rings (SSSR count). The van der Waals surface area contributed by atoms with Crippen molar-refractivity contribution < 1.29 is 8.42 Å². The average molecular weight is 334 g/mol. The third-order valence-electron chi connectivity index (χ3n) is 3.46. The normalized spacial score (nSPS) is 12.3. The summed E-state index contributed by atoms with van der Waals surface area (Å²) in [6, 6.07) is 2.87. The number of hydrogen-bond donors (Lipinski definition) is 0. The summed E-state index contributed by atoms with van der Waals surface area (Å²) >= 11 is 5.78. The molecule has 0 spiro atoms. The van der Waals surface area contributed by atoms with Gasteiger partial charge in [0.15, 0.2) is 0 Å². The summed E-state index contributed by atoms with van der Waals surface area (Å²) in [4.78, 5) is 6.30. The van der Waals surface area contributed by atoms with Crippen LogP contribution in [0.4, 0.5) is 0 Å². The van der Waals surface area contributed by atoms with Crippen LogP contribution in [0.5, 0.6) is 0 Å². The first-order valence-corrected chi connectivity index (χ1v) is 9.11. The van der Waals surface area contributed by atoms with Crippen LogP contribution in [-0.2, 0) is 10.0 Å². The van der Waals surface area contributed by atoms with Crippen LogP contribution in [-0.4, -0.2) is 55.3 Å². The highest BCUT2D eigenvalue weighted by molar-refractivity contribution is 7.89. The highest BCUT2D eigenvalue weighted by Crippen LogP contribution is 2.18. The third kappa shape index (κ3) is 5.21. The van der Waals surface area contributed by atoms with Gasteiger partial charge in [-0.25, -0.2) is 13.4 Å². The fourth-order valence-electron chi connectivity index (χ4n) is 2.15. The molecule has 0 aliphatic heterocycles. The highest BCUT2D eigenvalue weighted by Gasteiger charge is 2.23. The van der Waals surface area contributed by atoms with Crippen LogP contribution in [0.15, 0.2) is 23.2 Å². The van der Waals surface area contributed by atoms with Crippen LogP contribution < -0.4 is 0 Å². The molecular weight excluding hydrogens is 310 g/mol. The fraction of sp³-hybridized carbons (Fsp3) is 0.643. The number of pyridine rings is 1. The van der Waals surface area contributed by atoms with Crippen molar-refractivity contribution in [2.24, 2.45) is 0 Å². The first-order chi connectivity index (χ1) is 9.95. The molecule has 0 bridgehead atoms. The van der Waals surface area contributed by atoms with Gasteiger partial charge in [-0.05, 0) is 38.2 Å². The van der Waals surface area contributed by atoms with Gasteiger partial charge in [-0.3, -0.25) is 0 Å². The minimum atomic E-state index is -3.49. The SMILES string of the molecule is CCN(CC)CCCN(CC)S(=O)(=O)c1ccnc(Cl)c1. The molecule has 0 unspecified atom stereocenters. The molecule has 0 N–H and O–H groups in total. The Bertz CT molecular complexity index is 533. The number of nitrogens with zero attached hydrogens (tertiary/aromatic N) is 3. The van der Waals surface area contributed by atoms with E-state index in [0.29, 0.717) is 13.1 Å². The van der Waals surface area contributed by atoms with Gasteiger partial charge >= 0.3 is 0 Å². The summed E-state index contributed by atoms with van der Waals surface area (Å²) in [6.45, 7) is 9.88. The van der Waals surface area contributed by atoms with Gasteiger partial charge in [0.2, 0.25) is 10.0 Å². The van der Waals surface area contributed by atoms with Gasteiger partial charge in [-0.2, -0.15) is 4.31 Å². The van der Waals surface area contributed by atoms with E-state index in [1.807, 2.05) is 6.92 Å². The molecule has 5 nitrogen and oxygen atoms in total. The van der Waals surface area contributed by atoms with E-state index in [1.165, 1.54) is 22.6 Å². The van der Waals surface area contributed by atoms with Crippen LogP contribution in [0.3, 0.4) is 0 Å². The maximum Gasteiger partial charge on any atom is 0.243 e. The first kappa shape index (κ1) is 18.4. The Hall–Kier alpha value is -0.690. The van der Waals surface area contributed by atoms with E-state index in [9.17, 15) is 8.42 Å². The zero-order valence-electron chi connectivity index (χ0n) is 12.9. The molecule has 21 heavy (non-hydrogen) atoms. The molecule has 0 radical (unpaired) electrons. The lowest BCUT2D eigenvalue weighted by molar-refractivity contribution is 0.285. The second kappa shape index (κ2) is 8.68. The van der Waals surface area contributed by atoms with Gasteiger partial charge in [0.25, 0.3) is 0 Å². The van der Waals surface area contributed by atoms with Crippen molar-refractivity contribution in [1.29, 1.82) is 0 Å². The van der Waals surface area contributed by atoms with E-state index >= 15 is 0 Å². The summed E-state index contributed by atoms with van der Waals surface area (Å²) in [5.41, 5.74) is 0. The Morgan fingerprint density at radius 1 is 1.14 bits per heavy atom. The largest absolute Gasteiger partial charge is 0.304 e. The van der Waals surface area contributed by atoms with Crippen molar-refractivity contribution in [3.05, 3.63) is 23.5 Å². The standard InChI is InChI=1S/C14H24ClN3O2S/c1-4-17(5-2)10-7-11-18(6-3)21(19,20)13-8-9-16-14(15)12-13/h8-9,12H,4-7,10-11H2,1-3H3. The number of rotatable bonds is 9. The lowest BCUT2D eigenvalue weighted by Crippen LogP contribution is -2.34. The maximum atomic E-state index is 12.6. The lowest BCUT2D eigenvalue weighted by atomic mass is 10.3. The second-order valence-corrected chi connectivity index (χ2v) is 7.02. The summed E-state index contributed by atoms with van der Waals surface area (Å²) < 4.78 is 26.6. The fourth-order valence-corrected chi connectivity index (χ4v) is 3.89. The lowest BCUT2D eigenvalue weighted by Gasteiger charge is -2.23. The van der Waals surface area contributed by atoms with Gasteiger partial charge in [-0.15, -0.1) is 0 Å². The molecule has 0 atom stereocenters. The predicted octanol–water partition coefficient (Wildman–Crippen LogP) is 2.48. The van der Waals surface area contributed by atoms with Crippen LogP contribution in [0.25, 0.3) is 0 Å². The Morgan fingerprint density at radius 3 is 2.33 bits per heavy atom. The zero-order valence-corrected chi connectivity index (χ0v) is 14.5. The van der Waals surface area contributed by atoms with Crippen molar-refractivity contribution in [3.8, 4) is 0 Å². The molecule has 0 amide bonds. The summed E-state index contributed by atoms with van der Waals surface area (Å²) in [5, 5.41) is 0.190. The molecule has 0 aliphatic rings. The van der Waals surface area contributed by atoms with Crippen LogP contribution in [0, 0.1) is 0 Å². The smallest absolute Gasteiger partial charge is 0.243 e. The van der Waals surface area contributed by atoms with E-state index in [-0.39, 0.29) is 10.0 Å².